The van der Waals surface area contributed by atoms with Crippen molar-refractivity contribution in [3.63, 3.8) is 0 Å². The third-order valence-electron chi connectivity index (χ3n) is 4.83. The van der Waals surface area contributed by atoms with Crippen molar-refractivity contribution in [3.05, 3.63) is 94.0 Å². The van der Waals surface area contributed by atoms with Crippen molar-refractivity contribution in [2.45, 2.75) is 33.2 Å². The van der Waals surface area contributed by atoms with Crippen molar-refractivity contribution < 1.29 is 9.21 Å². The number of hydrogen-bond acceptors (Lipinski definition) is 6. The van der Waals surface area contributed by atoms with Gasteiger partial charge in [0, 0.05) is 21.8 Å². The number of aromatic nitrogens is 2. The fourth-order valence-electron chi connectivity index (χ4n) is 3.42. The lowest BCUT2D eigenvalue weighted by Gasteiger charge is -2.21. The lowest BCUT2D eigenvalue weighted by molar-refractivity contribution is 0.0997. The number of nitrogens with one attached hydrogen (secondary N) is 2. The van der Waals surface area contributed by atoms with Crippen LogP contribution < -0.4 is 10.6 Å². The second-order valence-electron chi connectivity index (χ2n) is 7.24. The van der Waals surface area contributed by atoms with Gasteiger partial charge in [-0.2, -0.15) is 0 Å². The van der Waals surface area contributed by atoms with Crippen LogP contribution in [-0.2, 0) is 6.42 Å². The van der Waals surface area contributed by atoms with E-state index in [4.69, 9.17) is 4.42 Å². The zero-order valence-electron chi connectivity index (χ0n) is 17.7. The minimum absolute atomic E-state index is 0.231. The third kappa shape index (κ3) is 4.83. The molecule has 2 N–H and O–H groups in total. The largest absolute Gasteiger partial charge is 0.459 e. The van der Waals surface area contributed by atoms with E-state index in [-0.39, 0.29) is 17.7 Å². The maximum atomic E-state index is 12.7. The van der Waals surface area contributed by atoms with Gasteiger partial charge in [0.25, 0.3) is 5.91 Å². The van der Waals surface area contributed by atoms with Gasteiger partial charge in [-0.15, -0.1) is 11.3 Å². The Labute approximate surface area is 185 Å². The molecule has 158 valence electrons. The van der Waals surface area contributed by atoms with Crippen LogP contribution in [-0.4, -0.2) is 15.9 Å². The quantitative estimate of drug-likeness (QED) is 0.388. The summed E-state index contributed by atoms with van der Waals surface area (Å²) in [5.41, 5.74) is 3.82. The topological polar surface area (TPSA) is 80.0 Å². The van der Waals surface area contributed by atoms with Gasteiger partial charge in [0.1, 0.15) is 5.00 Å². The first-order valence-electron chi connectivity index (χ1n) is 10.1. The molecule has 6 nitrogen and oxygen atoms in total. The molecule has 0 saturated carbocycles. The highest BCUT2D eigenvalue weighted by molar-refractivity contribution is 7.16. The summed E-state index contributed by atoms with van der Waals surface area (Å²) in [7, 11) is 0. The molecule has 0 spiro atoms. The number of furan rings is 1. The summed E-state index contributed by atoms with van der Waals surface area (Å²) in [5.74, 6) is 0.559. The normalized spacial score (nSPS) is 11.8. The lowest BCUT2D eigenvalue weighted by atomic mass is 10.00. The summed E-state index contributed by atoms with van der Waals surface area (Å²) in [6, 6.07) is 17.3. The molecule has 0 fully saturated rings. The van der Waals surface area contributed by atoms with Crippen LogP contribution in [0.4, 0.5) is 10.9 Å². The molecule has 3 heterocycles. The molecule has 0 saturated heterocycles. The van der Waals surface area contributed by atoms with Crippen molar-refractivity contribution in [3.8, 4) is 0 Å². The number of carbonyl (C=O) groups excluding carboxylic acids is 1. The Morgan fingerprint density at radius 3 is 2.45 bits per heavy atom. The van der Waals surface area contributed by atoms with Gasteiger partial charge < -0.3 is 15.1 Å². The van der Waals surface area contributed by atoms with Crippen molar-refractivity contribution in [1.29, 1.82) is 0 Å². The summed E-state index contributed by atoms with van der Waals surface area (Å²) in [4.78, 5) is 23.0. The zero-order valence-corrected chi connectivity index (χ0v) is 18.5. The highest BCUT2D eigenvalue weighted by atomic mass is 32.1. The minimum atomic E-state index is -0.273. The van der Waals surface area contributed by atoms with E-state index in [0.29, 0.717) is 5.95 Å². The summed E-state index contributed by atoms with van der Waals surface area (Å²) in [6.07, 6.45) is 2.36. The van der Waals surface area contributed by atoms with E-state index in [1.165, 1.54) is 11.1 Å². The fourth-order valence-corrected chi connectivity index (χ4v) is 4.45. The number of hydrogen-bond donors (Lipinski definition) is 2. The van der Waals surface area contributed by atoms with Crippen LogP contribution >= 0.6 is 11.3 Å². The Kier molecular flexibility index (Phi) is 6.13. The number of carbonyl (C=O) groups is 1. The van der Waals surface area contributed by atoms with E-state index >= 15 is 0 Å². The number of aryl methyl sites for hydroxylation is 3. The lowest BCUT2D eigenvalue weighted by Crippen LogP contribution is -2.17. The molecule has 1 atom stereocenters. The van der Waals surface area contributed by atoms with Crippen LogP contribution in [0.2, 0.25) is 0 Å². The SMILES string of the molecule is CCc1cc([C@H](Nc2nc(C)cc(C)n2)c2ccccc2)c(NC(=O)c2ccco2)s1. The molecule has 0 aliphatic carbocycles. The molecule has 4 aromatic rings. The van der Waals surface area contributed by atoms with E-state index in [1.54, 1.807) is 23.5 Å². The minimum Gasteiger partial charge on any atom is -0.459 e. The Morgan fingerprint density at radius 1 is 1.06 bits per heavy atom. The van der Waals surface area contributed by atoms with Gasteiger partial charge in [-0.25, -0.2) is 9.97 Å². The molecular weight excluding hydrogens is 408 g/mol. The van der Waals surface area contributed by atoms with Crippen molar-refractivity contribution in [1.82, 2.24) is 9.97 Å². The number of benzene rings is 1. The molecule has 31 heavy (non-hydrogen) atoms. The third-order valence-corrected chi connectivity index (χ3v) is 6.04. The second kappa shape index (κ2) is 9.14. The fraction of sp³-hybridized carbons (Fsp3) is 0.208. The molecule has 4 rings (SSSR count). The summed E-state index contributed by atoms with van der Waals surface area (Å²) in [6.45, 7) is 6.00. The first kappa shape index (κ1) is 20.8. The number of amides is 1. The van der Waals surface area contributed by atoms with Crippen molar-refractivity contribution in [2.75, 3.05) is 10.6 Å². The number of thiophene rings is 1. The van der Waals surface area contributed by atoms with Crippen molar-refractivity contribution >= 4 is 28.2 Å². The first-order chi connectivity index (χ1) is 15.0. The Bertz CT molecular complexity index is 1150. The van der Waals surface area contributed by atoms with Crippen LogP contribution in [0.15, 0.2) is 65.3 Å². The Hall–Kier alpha value is -3.45. The molecular formula is C24H24N4O2S. The van der Waals surface area contributed by atoms with Gasteiger partial charge in [0.05, 0.1) is 12.3 Å². The summed E-state index contributed by atoms with van der Waals surface area (Å²) in [5, 5.41) is 7.30. The summed E-state index contributed by atoms with van der Waals surface area (Å²) >= 11 is 1.57. The van der Waals surface area contributed by atoms with Gasteiger partial charge >= 0.3 is 0 Å². The molecule has 1 amide bonds. The van der Waals surface area contributed by atoms with Gasteiger partial charge in [-0.3, -0.25) is 4.79 Å². The van der Waals surface area contributed by atoms with Crippen LogP contribution in [0.1, 0.15) is 50.9 Å². The number of anilines is 2. The maximum Gasteiger partial charge on any atom is 0.291 e. The van der Waals surface area contributed by atoms with Crippen LogP contribution in [0.5, 0.6) is 0 Å². The van der Waals surface area contributed by atoms with Gasteiger partial charge in [0.15, 0.2) is 5.76 Å². The Morgan fingerprint density at radius 2 is 1.81 bits per heavy atom. The summed E-state index contributed by atoms with van der Waals surface area (Å²) < 4.78 is 5.26. The van der Waals surface area contributed by atoms with Gasteiger partial charge in [-0.05, 0) is 50.1 Å². The average Bonchev–Trinajstić information content (AvgIpc) is 3.42. The smallest absolute Gasteiger partial charge is 0.291 e. The maximum absolute atomic E-state index is 12.7. The van der Waals surface area contributed by atoms with Gasteiger partial charge in [-0.1, -0.05) is 37.3 Å². The molecule has 0 aliphatic rings. The van der Waals surface area contributed by atoms with Crippen molar-refractivity contribution in [2.24, 2.45) is 0 Å². The number of rotatable bonds is 7. The van der Waals surface area contributed by atoms with Crippen LogP contribution in [0, 0.1) is 13.8 Å². The predicted octanol–water partition coefficient (Wildman–Crippen LogP) is 5.76. The van der Waals surface area contributed by atoms with E-state index in [9.17, 15) is 4.79 Å². The highest BCUT2D eigenvalue weighted by Gasteiger charge is 2.23. The second-order valence-corrected chi connectivity index (χ2v) is 8.38. The standard InChI is InChI=1S/C24H24N4O2S/c1-4-18-14-19(23(31-18)28-22(29)20-11-8-12-30-20)21(17-9-6-5-7-10-17)27-24-25-15(2)13-16(3)26-24/h5-14,21H,4H2,1-3H3,(H,28,29)(H,25,26,27)/t21-/m1/s1. The Balaban J connectivity index is 1.75. The monoisotopic (exact) mass is 432 g/mol. The van der Waals surface area contributed by atoms with Crippen LogP contribution in [0.25, 0.3) is 0 Å². The molecule has 0 radical (unpaired) electrons. The van der Waals surface area contributed by atoms with Gasteiger partial charge in [0.2, 0.25) is 5.95 Å². The highest BCUT2D eigenvalue weighted by Crippen LogP contribution is 2.38. The molecule has 1 aromatic carbocycles. The molecule has 0 aliphatic heterocycles. The van der Waals surface area contributed by atoms with Crippen LogP contribution in [0.3, 0.4) is 0 Å². The van der Waals surface area contributed by atoms with E-state index in [2.05, 4.69) is 45.7 Å². The number of nitrogens with zero attached hydrogens (tertiary/aromatic N) is 2. The van der Waals surface area contributed by atoms with E-state index < -0.39 is 0 Å². The molecule has 7 heteroatoms. The molecule has 3 aromatic heterocycles. The average molecular weight is 433 g/mol. The van der Waals surface area contributed by atoms with E-state index in [0.717, 1.165) is 33.9 Å². The predicted molar refractivity (Wildman–Crippen MR) is 124 cm³/mol. The molecule has 0 unspecified atom stereocenters. The van der Waals surface area contributed by atoms with E-state index in [1.807, 2.05) is 38.1 Å². The zero-order chi connectivity index (χ0) is 21.8. The molecule has 0 bridgehead atoms. The first-order valence-corrected chi connectivity index (χ1v) is 11.0.